The smallest absolute Gasteiger partial charge is 0.232 e. The van der Waals surface area contributed by atoms with Crippen molar-refractivity contribution in [2.45, 2.75) is 43.9 Å². The Morgan fingerprint density at radius 2 is 1.96 bits per heavy atom. The number of aromatic nitrogens is 4. The van der Waals surface area contributed by atoms with Crippen molar-refractivity contribution in [2.75, 3.05) is 0 Å². The highest BCUT2D eigenvalue weighted by molar-refractivity contribution is 5.68. The highest BCUT2D eigenvalue weighted by Gasteiger charge is 2.34. The molecule has 0 spiro atoms. The largest absolute Gasteiger partial charge is 0.507 e. The van der Waals surface area contributed by atoms with Crippen LogP contribution in [0.3, 0.4) is 0 Å². The third-order valence-corrected chi connectivity index (χ3v) is 5.41. The molecular formula is C20H21N5O2. The van der Waals surface area contributed by atoms with Crippen LogP contribution in [-0.2, 0) is 0 Å². The first-order valence-corrected chi connectivity index (χ1v) is 9.31. The van der Waals surface area contributed by atoms with Gasteiger partial charge in [0.1, 0.15) is 11.9 Å². The molecule has 138 valence electrons. The van der Waals surface area contributed by atoms with Gasteiger partial charge in [0.15, 0.2) is 0 Å². The Balaban J connectivity index is 1.31. The molecule has 0 aliphatic carbocycles. The van der Waals surface area contributed by atoms with Gasteiger partial charge in [0.05, 0.1) is 30.1 Å². The molecule has 3 aromatic rings. The summed E-state index contributed by atoms with van der Waals surface area (Å²) in [6.45, 7) is 0. The summed E-state index contributed by atoms with van der Waals surface area (Å²) >= 11 is 0. The van der Waals surface area contributed by atoms with E-state index in [2.05, 4.69) is 20.3 Å². The lowest BCUT2D eigenvalue weighted by Crippen LogP contribution is -2.42. The zero-order valence-electron chi connectivity index (χ0n) is 14.8. The zero-order valence-corrected chi connectivity index (χ0v) is 14.8. The third kappa shape index (κ3) is 3.26. The molecule has 5 rings (SSSR count). The van der Waals surface area contributed by atoms with Crippen LogP contribution in [0.25, 0.3) is 16.9 Å². The second-order valence-corrected chi connectivity index (χ2v) is 7.26. The lowest BCUT2D eigenvalue weighted by Gasteiger charge is -2.28. The monoisotopic (exact) mass is 363 g/mol. The summed E-state index contributed by atoms with van der Waals surface area (Å²) in [5.41, 5.74) is 2.09. The Labute approximate surface area is 157 Å². The normalized spacial score (nSPS) is 24.1. The van der Waals surface area contributed by atoms with Crippen LogP contribution in [-0.4, -0.2) is 42.8 Å². The Morgan fingerprint density at radius 1 is 1.11 bits per heavy atom. The van der Waals surface area contributed by atoms with Crippen molar-refractivity contribution < 1.29 is 9.84 Å². The van der Waals surface area contributed by atoms with Crippen LogP contribution in [0.5, 0.6) is 11.6 Å². The number of nitrogens with one attached hydrogen (secondary N) is 1. The molecule has 1 aromatic carbocycles. The molecule has 0 unspecified atom stereocenters. The molecule has 2 N–H and O–H groups in total. The van der Waals surface area contributed by atoms with Gasteiger partial charge < -0.3 is 19.7 Å². The van der Waals surface area contributed by atoms with E-state index in [1.165, 1.54) is 12.8 Å². The lowest BCUT2D eigenvalue weighted by molar-refractivity contribution is 0.131. The number of piperidine rings is 1. The van der Waals surface area contributed by atoms with Gasteiger partial charge >= 0.3 is 0 Å². The van der Waals surface area contributed by atoms with Crippen LogP contribution in [0.4, 0.5) is 0 Å². The second kappa shape index (κ2) is 6.66. The average molecular weight is 363 g/mol. The molecule has 2 aliphatic rings. The maximum absolute atomic E-state index is 10.4. The fourth-order valence-corrected chi connectivity index (χ4v) is 4.10. The van der Waals surface area contributed by atoms with Crippen molar-refractivity contribution in [2.24, 2.45) is 0 Å². The molecule has 3 atom stereocenters. The molecule has 2 saturated heterocycles. The number of phenolic OH excluding ortho intramolecular Hbond substituents is 1. The lowest BCUT2D eigenvalue weighted by atomic mass is 10.0. The summed E-state index contributed by atoms with van der Waals surface area (Å²) in [6, 6.07) is 6.58. The van der Waals surface area contributed by atoms with Crippen molar-refractivity contribution in [1.82, 2.24) is 24.8 Å². The molecule has 7 heteroatoms. The van der Waals surface area contributed by atoms with Gasteiger partial charge in [-0.25, -0.2) is 15.0 Å². The van der Waals surface area contributed by atoms with Crippen molar-refractivity contribution >= 4 is 0 Å². The molecule has 0 amide bonds. The highest BCUT2D eigenvalue weighted by Crippen LogP contribution is 2.31. The highest BCUT2D eigenvalue weighted by atomic mass is 16.5. The fraction of sp³-hybridized carbons (Fsp3) is 0.350. The van der Waals surface area contributed by atoms with Gasteiger partial charge in [-0.1, -0.05) is 0 Å². The predicted molar refractivity (Wildman–Crippen MR) is 99.9 cm³/mol. The molecular weight excluding hydrogens is 342 g/mol. The Hall–Kier alpha value is -2.93. The van der Waals surface area contributed by atoms with Gasteiger partial charge in [-0.15, -0.1) is 0 Å². The molecule has 2 fully saturated rings. The summed E-state index contributed by atoms with van der Waals surface area (Å²) in [5, 5.41) is 14.0. The first-order chi connectivity index (χ1) is 13.2. The number of phenols is 1. The Kier molecular flexibility index (Phi) is 4.01. The number of rotatable bonds is 4. The standard InChI is InChI=1S/C20H21N5O2/c26-19-9-15(25-6-5-21-12-25)3-4-17(19)18-10-23-20(11-22-18)27-16-7-13-1-2-14(8-16)24-13/h3-6,9-14,16,24,26H,1-2,7-8H2/t13-,14+,16-. The summed E-state index contributed by atoms with van der Waals surface area (Å²) < 4.78 is 7.87. The summed E-state index contributed by atoms with van der Waals surface area (Å²) in [7, 11) is 0. The zero-order chi connectivity index (χ0) is 18.2. The van der Waals surface area contributed by atoms with Crippen LogP contribution >= 0.6 is 0 Å². The minimum atomic E-state index is 0.152. The Morgan fingerprint density at radius 3 is 2.63 bits per heavy atom. The number of imidazole rings is 1. The molecule has 2 aromatic heterocycles. The van der Waals surface area contributed by atoms with Crippen LogP contribution < -0.4 is 10.1 Å². The molecule has 2 bridgehead atoms. The molecule has 7 nitrogen and oxygen atoms in total. The van der Waals surface area contributed by atoms with Gasteiger partial charge in [0.25, 0.3) is 0 Å². The fourth-order valence-electron chi connectivity index (χ4n) is 4.10. The average Bonchev–Trinajstić information content (AvgIpc) is 3.32. The van der Waals surface area contributed by atoms with E-state index >= 15 is 0 Å². The van der Waals surface area contributed by atoms with Gasteiger partial charge in [0.2, 0.25) is 5.88 Å². The number of aromatic hydroxyl groups is 1. The molecule has 0 saturated carbocycles. The maximum Gasteiger partial charge on any atom is 0.232 e. The van der Waals surface area contributed by atoms with Crippen LogP contribution in [0.1, 0.15) is 25.7 Å². The molecule has 2 aliphatic heterocycles. The number of fused-ring (bicyclic) bond motifs is 2. The van der Waals surface area contributed by atoms with E-state index in [0.29, 0.717) is 29.2 Å². The SMILES string of the molecule is Oc1cc(-n2ccnc2)ccc1-c1cnc(O[C@@H]2C[C@H]3CC[C@@H](C2)N3)cn1. The van der Waals surface area contributed by atoms with Crippen LogP contribution in [0.2, 0.25) is 0 Å². The number of nitrogens with zero attached hydrogens (tertiary/aromatic N) is 4. The predicted octanol–water partition coefficient (Wildman–Crippen LogP) is 2.70. The first-order valence-electron chi connectivity index (χ1n) is 9.31. The Bertz CT molecular complexity index is 914. The van der Waals surface area contributed by atoms with E-state index in [-0.39, 0.29) is 11.9 Å². The van der Waals surface area contributed by atoms with E-state index in [1.807, 2.05) is 22.9 Å². The second-order valence-electron chi connectivity index (χ2n) is 7.26. The minimum Gasteiger partial charge on any atom is -0.507 e. The van der Waals surface area contributed by atoms with Crippen LogP contribution in [0.15, 0.2) is 49.3 Å². The number of ether oxygens (including phenoxy) is 1. The first kappa shape index (κ1) is 16.3. The van der Waals surface area contributed by atoms with Gasteiger partial charge in [0, 0.05) is 36.1 Å². The molecule has 4 heterocycles. The van der Waals surface area contributed by atoms with Gasteiger partial charge in [-0.05, 0) is 37.8 Å². The minimum absolute atomic E-state index is 0.152. The number of benzene rings is 1. The van der Waals surface area contributed by atoms with E-state index in [1.54, 1.807) is 31.0 Å². The van der Waals surface area contributed by atoms with Crippen molar-refractivity contribution in [3.8, 4) is 28.6 Å². The third-order valence-electron chi connectivity index (χ3n) is 5.41. The van der Waals surface area contributed by atoms with Crippen molar-refractivity contribution in [3.63, 3.8) is 0 Å². The number of hydrogen-bond acceptors (Lipinski definition) is 6. The summed E-state index contributed by atoms with van der Waals surface area (Å²) in [5.74, 6) is 0.693. The van der Waals surface area contributed by atoms with Gasteiger partial charge in [-0.2, -0.15) is 0 Å². The number of hydrogen-bond donors (Lipinski definition) is 2. The van der Waals surface area contributed by atoms with Crippen molar-refractivity contribution in [1.29, 1.82) is 0 Å². The summed E-state index contributed by atoms with van der Waals surface area (Å²) in [6.07, 6.45) is 13.2. The summed E-state index contributed by atoms with van der Waals surface area (Å²) in [4.78, 5) is 12.9. The van der Waals surface area contributed by atoms with E-state index in [4.69, 9.17) is 4.74 Å². The quantitative estimate of drug-likeness (QED) is 0.741. The van der Waals surface area contributed by atoms with Crippen molar-refractivity contribution in [3.05, 3.63) is 49.3 Å². The molecule has 27 heavy (non-hydrogen) atoms. The van der Waals surface area contributed by atoms with E-state index in [9.17, 15) is 5.11 Å². The van der Waals surface area contributed by atoms with Gasteiger partial charge in [-0.3, -0.25) is 0 Å². The molecule has 0 radical (unpaired) electrons. The maximum atomic E-state index is 10.4. The van der Waals surface area contributed by atoms with E-state index in [0.717, 1.165) is 18.5 Å². The van der Waals surface area contributed by atoms with E-state index < -0.39 is 0 Å². The topological polar surface area (TPSA) is 85.1 Å². The van der Waals surface area contributed by atoms with Crippen LogP contribution in [0, 0.1) is 0 Å².